The molecule has 0 unspecified atom stereocenters. The van der Waals surface area contributed by atoms with Gasteiger partial charge in [0.1, 0.15) is 5.60 Å². The summed E-state index contributed by atoms with van der Waals surface area (Å²) in [5.74, 6) is 0. The number of aliphatic hydroxyl groups is 2. The SMILES string of the molecule is OC1([C@]2(O)CCNC2)CC1. The molecule has 58 valence electrons. The van der Waals surface area contributed by atoms with Gasteiger partial charge in [0.25, 0.3) is 0 Å². The quantitative estimate of drug-likeness (QED) is 0.452. The lowest BCUT2D eigenvalue weighted by molar-refractivity contribution is -0.0779. The van der Waals surface area contributed by atoms with Crippen LogP contribution in [0, 0.1) is 0 Å². The van der Waals surface area contributed by atoms with Crippen LogP contribution in [0.4, 0.5) is 0 Å². The highest BCUT2D eigenvalue weighted by molar-refractivity contribution is 5.12. The monoisotopic (exact) mass is 143 g/mol. The molecule has 2 aliphatic rings. The van der Waals surface area contributed by atoms with E-state index in [-0.39, 0.29) is 0 Å². The van der Waals surface area contributed by atoms with Crippen LogP contribution >= 0.6 is 0 Å². The Morgan fingerprint density at radius 2 is 1.70 bits per heavy atom. The molecule has 3 heteroatoms. The Labute approximate surface area is 60.1 Å². The van der Waals surface area contributed by atoms with Gasteiger partial charge >= 0.3 is 0 Å². The van der Waals surface area contributed by atoms with E-state index in [1.807, 2.05) is 0 Å². The molecule has 3 nitrogen and oxygen atoms in total. The first-order valence-electron chi connectivity index (χ1n) is 3.82. The van der Waals surface area contributed by atoms with Crippen molar-refractivity contribution in [1.82, 2.24) is 5.32 Å². The number of nitrogens with one attached hydrogen (secondary N) is 1. The second kappa shape index (κ2) is 1.72. The van der Waals surface area contributed by atoms with Crippen molar-refractivity contribution in [2.45, 2.75) is 30.5 Å². The summed E-state index contributed by atoms with van der Waals surface area (Å²) in [5, 5.41) is 22.4. The largest absolute Gasteiger partial charge is 0.387 e. The minimum Gasteiger partial charge on any atom is -0.387 e. The topological polar surface area (TPSA) is 52.5 Å². The fraction of sp³-hybridized carbons (Fsp3) is 1.00. The van der Waals surface area contributed by atoms with Crippen molar-refractivity contribution in [3.63, 3.8) is 0 Å². The fourth-order valence-corrected chi connectivity index (χ4v) is 1.66. The van der Waals surface area contributed by atoms with Crippen molar-refractivity contribution < 1.29 is 10.2 Å². The molecule has 0 bridgehead atoms. The molecule has 3 N–H and O–H groups in total. The van der Waals surface area contributed by atoms with Gasteiger partial charge in [-0.1, -0.05) is 0 Å². The molecule has 1 saturated carbocycles. The molecule has 1 saturated heterocycles. The standard InChI is InChI=1S/C7H13NO2/c9-6(1-2-6)7(10)3-4-8-5-7/h8-10H,1-5H2/t7-/m0/s1. The molecule has 1 aliphatic carbocycles. The fourth-order valence-electron chi connectivity index (χ4n) is 1.66. The summed E-state index contributed by atoms with van der Waals surface area (Å²) in [4.78, 5) is 0. The van der Waals surface area contributed by atoms with E-state index in [2.05, 4.69) is 5.32 Å². The van der Waals surface area contributed by atoms with Gasteiger partial charge in [0, 0.05) is 6.54 Å². The number of β-amino-alcohol motifs (C(OH)–C–C–N with tert-alkyl or cyclic N) is 1. The molecule has 0 radical (unpaired) electrons. The minimum absolute atomic E-state index is 0.559. The summed E-state index contributed by atoms with van der Waals surface area (Å²) in [6.45, 7) is 1.39. The first-order chi connectivity index (χ1) is 4.66. The first-order valence-corrected chi connectivity index (χ1v) is 3.82. The van der Waals surface area contributed by atoms with Crippen molar-refractivity contribution in [3.8, 4) is 0 Å². The zero-order valence-electron chi connectivity index (χ0n) is 5.93. The van der Waals surface area contributed by atoms with Crippen LogP contribution in [-0.4, -0.2) is 34.5 Å². The Bertz CT molecular complexity index is 148. The van der Waals surface area contributed by atoms with Crippen LogP contribution in [0.1, 0.15) is 19.3 Å². The summed E-state index contributed by atoms with van der Waals surface area (Å²) >= 11 is 0. The van der Waals surface area contributed by atoms with Crippen molar-refractivity contribution in [1.29, 1.82) is 0 Å². The maximum absolute atomic E-state index is 9.78. The third-order valence-corrected chi connectivity index (χ3v) is 2.72. The molecule has 1 aliphatic heterocycles. The Kier molecular flexibility index (Phi) is 1.14. The normalized spacial score (nSPS) is 43.8. The summed E-state index contributed by atoms with van der Waals surface area (Å²) in [7, 11) is 0. The van der Waals surface area contributed by atoms with E-state index in [0.717, 1.165) is 19.4 Å². The van der Waals surface area contributed by atoms with Crippen molar-refractivity contribution in [2.75, 3.05) is 13.1 Å². The van der Waals surface area contributed by atoms with Gasteiger partial charge in [-0.15, -0.1) is 0 Å². The van der Waals surface area contributed by atoms with Crippen LogP contribution in [0.25, 0.3) is 0 Å². The van der Waals surface area contributed by atoms with Crippen LogP contribution in [-0.2, 0) is 0 Å². The van der Waals surface area contributed by atoms with E-state index < -0.39 is 11.2 Å². The summed E-state index contributed by atoms with van der Waals surface area (Å²) in [6.07, 6.45) is 2.24. The molecule has 0 aromatic heterocycles. The van der Waals surface area contributed by atoms with Crippen LogP contribution in [0.5, 0.6) is 0 Å². The average Bonchev–Trinajstić information content (AvgIpc) is 2.46. The van der Waals surface area contributed by atoms with E-state index in [9.17, 15) is 10.2 Å². The Hall–Kier alpha value is -0.120. The van der Waals surface area contributed by atoms with E-state index in [1.54, 1.807) is 0 Å². The number of hydrogen-bond donors (Lipinski definition) is 3. The molecule has 2 rings (SSSR count). The van der Waals surface area contributed by atoms with Gasteiger partial charge in [0.15, 0.2) is 0 Å². The molecule has 1 heterocycles. The molecule has 2 fully saturated rings. The lowest BCUT2D eigenvalue weighted by Crippen LogP contribution is -2.46. The first kappa shape index (κ1) is 6.58. The zero-order chi connectivity index (χ0) is 7.24. The molecule has 10 heavy (non-hydrogen) atoms. The molecule has 0 amide bonds. The molecular weight excluding hydrogens is 130 g/mol. The molecular formula is C7H13NO2. The van der Waals surface area contributed by atoms with E-state index in [1.165, 1.54) is 0 Å². The van der Waals surface area contributed by atoms with Gasteiger partial charge in [-0.25, -0.2) is 0 Å². The zero-order valence-corrected chi connectivity index (χ0v) is 5.93. The van der Waals surface area contributed by atoms with Gasteiger partial charge in [0.05, 0.1) is 5.60 Å². The second-order valence-electron chi connectivity index (χ2n) is 3.49. The molecule has 0 aromatic rings. The summed E-state index contributed by atoms with van der Waals surface area (Å²) in [5.41, 5.74) is -1.55. The molecule has 0 spiro atoms. The molecule has 0 aromatic carbocycles. The predicted octanol–water partition coefficient (Wildman–Crippen LogP) is -0.764. The maximum Gasteiger partial charge on any atom is 0.107 e. The van der Waals surface area contributed by atoms with Crippen LogP contribution in [0.15, 0.2) is 0 Å². The average molecular weight is 143 g/mol. The lowest BCUT2D eigenvalue weighted by atomic mass is 9.94. The van der Waals surface area contributed by atoms with E-state index >= 15 is 0 Å². The Balaban J connectivity index is 2.13. The van der Waals surface area contributed by atoms with Crippen LogP contribution in [0.3, 0.4) is 0 Å². The van der Waals surface area contributed by atoms with Crippen LogP contribution in [0.2, 0.25) is 0 Å². The Morgan fingerprint density at radius 3 is 2.10 bits per heavy atom. The van der Waals surface area contributed by atoms with E-state index in [0.29, 0.717) is 13.0 Å². The highest BCUT2D eigenvalue weighted by atomic mass is 16.4. The second-order valence-corrected chi connectivity index (χ2v) is 3.49. The minimum atomic E-state index is -0.812. The predicted molar refractivity (Wildman–Crippen MR) is 36.6 cm³/mol. The maximum atomic E-state index is 9.78. The smallest absolute Gasteiger partial charge is 0.107 e. The third kappa shape index (κ3) is 0.713. The highest BCUT2D eigenvalue weighted by Crippen LogP contribution is 2.47. The summed E-state index contributed by atoms with van der Waals surface area (Å²) < 4.78 is 0. The summed E-state index contributed by atoms with van der Waals surface area (Å²) in [6, 6.07) is 0. The molecule has 1 atom stereocenters. The van der Waals surface area contributed by atoms with Gasteiger partial charge in [-0.05, 0) is 25.8 Å². The number of rotatable bonds is 1. The van der Waals surface area contributed by atoms with Gasteiger partial charge in [-0.2, -0.15) is 0 Å². The van der Waals surface area contributed by atoms with Crippen molar-refractivity contribution in [3.05, 3.63) is 0 Å². The Morgan fingerprint density at radius 1 is 1.00 bits per heavy atom. The van der Waals surface area contributed by atoms with Crippen molar-refractivity contribution in [2.24, 2.45) is 0 Å². The van der Waals surface area contributed by atoms with Crippen molar-refractivity contribution >= 4 is 0 Å². The van der Waals surface area contributed by atoms with Gasteiger partial charge in [0.2, 0.25) is 0 Å². The third-order valence-electron chi connectivity index (χ3n) is 2.72. The van der Waals surface area contributed by atoms with E-state index in [4.69, 9.17) is 0 Å². The van der Waals surface area contributed by atoms with Gasteiger partial charge in [-0.3, -0.25) is 0 Å². The van der Waals surface area contributed by atoms with Gasteiger partial charge < -0.3 is 15.5 Å². The van der Waals surface area contributed by atoms with Crippen LogP contribution < -0.4 is 5.32 Å². The highest BCUT2D eigenvalue weighted by Gasteiger charge is 2.58. The lowest BCUT2D eigenvalue weighted by Gasteiger charge is -2.27. The number of hydrogen-bond acceptors (Lipinski definition) is 3.